The highest BCUT2D eigenvalue weighted by atomic mass is 32.1. The lowest BCUT2D eigenvalue weighted by Gasteiger charge is -2.27. The third kappa shape index (κ3) is 3.80. The fourth-order valence-corrected chi connectivity index (χ4v) is 4.16. The van der Waals surface area contributed by atoms with Gasteiger partial charge >= 0.3 is 5.97 Å². The fraction of sp³-hybridized carbons (Fsp3) is 0.261. The standard InChI is InChI=1S/C23H23N3O3S/c1-14(2)13-26-21(20(25-23(26)30)17-9-5-6-12-24-17)19-11-10-18(29-19)15-7-3-4-8-16(15)22(27)28/h3-12,14,20-21H,13H2,1-2H3,(H,25,30)(H,27,28)/t20-,21-/m1/s1. The van der Waals surface area contributed by atoms with Gasteiger partial charge in [0.05, 0.1) is 17.3 Å². The van der Waals surface area contributed by atoms with Crippen LogP contribution in [0.3, 0.4) is 0 Å². The zero-order valence-electron chi connectivity index (χ0n) is 16.8. The molecule has 0 radical (unpaired) electrons. The smallest absolute Gasteiger partial charge is 0.336 e. The molecule has 30 heavy (non-hydrogen) atoms. The first-order valence-corrected chi connectivity index (χ1v) is 10.3. The van der Waals surface area contributed by atoms with Crippen molar-refractivity contribution >= 4 is 23.3 Å². The summed E-state index contributed by atoms with van der Waals surface area (Å²) >= 11 is 5.64. The van der Waals surface area contributed by atoms with E-state index in [-0.39, 0.29) is 17.6 Å². The number of nitrogens with zero attached hydrogens (tertiary/aromatic N) is 2. The highest BCUT2D eigenvalue weighted by Crippen LogP contribution is 2.41. The molecular weight excluding hydrogens is 398 g/mol. The van der Waals surface area contributed by atoms with E-state index in [9.17, 15) is 9.90 Å². The number of thiocarbonyl (C=S) groups is 1. The monoisotopic (exact) mass is 421 g/mol. The topological polar surface area (TPSA) is 78.6 Å². The van der Waals surface area contributed by atoms with Crippen LogP contribution in [0.2, 0.25) is 0 Å². The summed E-state index contributed by atoms with van der Waals surface area (Å²) in [6, 6.07) is 16.0. The van der Waals surface area contributed by atoms with Crippen LogP contribution in [0.15, 0.2) is 65.2 Å². The average Bonchev–Trinajstić information content (AvgIpc) is 3.33. The van der Waals surface area contributed by atoms with E-state index in [2.05, 4.69) is 29.0 Å². The van der Waals surface area contributed by atoms with Gasteiger partial charge in [0.25, 0.3) is 0 Å². The van der Waals surface area contributed by atoms with Crippen molar-refractivity contribution in [3.63, 3.8) is 0 Å². The Hall–Kier alpha value is -3.19. The number of carbonyl (C=O) groups is 1. The maximum Gasteiger partial charge on any atom is 0.336 e. The van der Waals surface area contributed by atoms with Gasteiger partial charge in [-0.2, -0.15) is 0 Å². The first kappa shape index (κ1) is 20.1. The van der Waals surface area contributed by atoms with Gasteiger partial charge in [0.15, 0.2) is 5.11 Å². The zero-order valence-corrected chi connectivity index (χ0v) is 17.6. The normalized spacial score (nSPS) is 18.6. The number of carboxylic acids is 1. The molecule has 6 nitrogen and oxygen atoms in total. The zero-order chi connectivity index (χ0) is 21.3. The van der Waals surface area contributed by atoms with E-state index in [0.717, 1.165) is 12.2 Å². The SMILES string of the molecule is CC(C)CN1C(=S)N[C@H](c2ccccn2)[C@H]1c1ccc(-c2ccccc2C(=O)O)o1. The second-order valence-electron chi connectivity index (χ2n) is 7.73. The van der Waals surface area contributed by atoms with Gasteiger partial charge in [-0.25, -0.2) is 4.79 Å². The summed E-state index contributed by atoms with van der Waals surface area (Å²) in [5, 5.41) is 13.6. The Bertz CT molecular complexity index is 1060. The van der Waals surface area contributed by atoms with Gasteiger partial charge in [0.2, 0.25) is 0 Å². The third-order valence-electron chi connectivity index (χ3n) is 5.10. The molecule has 2 aromatic heterocycles. The molecule has 2 N–H and O–H groups in total. The van der Waals surface area contributed by atoms with Crippen molar-refractivity contribution in [1.82, 2.24) is 15.2 Å². The summed E-state index contributed by atoms with van der Waals surface area (Å²) in [7, 11) is 0. The Kier molecular flexibility index (Phi) is 5.55. The molecule has 0 aliphatic carbocycles. The van der Waals surface area contributed by atoms with Crippen molar-refractivity contribution in [3.05, 3.63) is 77.8 Å². The fourth-order valence-electron chi connectivity index (χ4n) is 3.85. The number of aromatic nitrogens is 1. The molecule has 1 fully saturated rings. The minimum Gasteiger partial charge on any atom is -0.478 e. The Labute approximate surface area is 180 Å². The predicted molar refractivity (Wildman–Crippen MR) is 118 cm³/mol. The molecule has 0 amide bonds. The first-order valence-electron chi connectivity index (χ1n) is 9.86. The molecule has 1 aliphatic rings. The van der Waals surface area contributed by atoms with Gasteiger partial charge in [0, 0.05) is 18.3 Å². The maximum atomic E-state index is 11.6. The van der Waals surface area contributed by atoms with E-state index >= 15 is 0 Å². The van der Waals surface area contributed by atoms with Crippen LogP contribution < -0.4 is 5.32 Å². The number of pyridine rings is 1. The van der Waals surface area contributed by atoms with Crippen LogP contribution in [-0.2, 0) is 0 Å². The van der Waals surface area contributed by atoms with E-state index in [1.165, 1.54) is 0 Å². The number of rotatable bonds is 6. The van der Waals surface area contributed by atoms with Crippen molar-refractivity contribution in [2.75, 3.05) is 6.54 Å². The van der Waals surface area contributed by atoms with Crippen molar-refractivity contribution in [1.29, 1.82) is 0 Å². The Morgan fingerprint density at radius 1 is 1.20 bits per heavy atom. The van der Waals surface area contributed by atoms with Gasteiger partial charge in [-0.1, -0.05) is 38.1 Å². The van der Waals surface area contributed by atoms with Crippen LogP contribution in [0, 0.1) is 5.92 Å². The van der Waals surface area contributed by atoms with Crippen LogP contribution in [0.5, 0.6) is 0 Å². The number of hydrogen-bond donors (Lipinski definition) is 2. The number of hydrogen-bond acceptors (Lipinski definition) is 4. The molecule has 4 rings (SSSR count). The second-order valence-corrected chi connectivity index (χ2v) is 8.11. The molecule has 3 aromatic rings. The van der Waals surface area contributed by atoms with Crippen LogP contribution in [-0.4, -0.2) is 32.6 Å². The van der Waals surface area contributed by atoms with Crippen molar-refractivity contribution < 1.29 is 14.3 Å². The Morgan fingerprint density at radius 2 is 1.97 bits per heavy atom. The minimum atomic E-state index is -0.986. The summed E-state index contributed by atoms with van der Waals surface area (Å²) in [4.78, 5) is 18.3. The maximum absolute atomic E-state index is 11.6. The Balaban J connectivity index is 1.76. The average molecular weight is 422 g/mol. The van der Waals surface area contributed by atoms with E-state index in [1.54, 1.807) is 30.5 Å². The highest BCUT2D eigenvalue weighted by Gasteiger charge is 2.41. The molecule has 154 valence electrons. The number of benzene rings is 1. The summed E-state index contributed by atoms with van der Waals surface area (Å²) in [6.45, 7) is 5.05. The van der Waals surface area contributed by atoms with E-state index in [4.69, 9.17) is 16.6 Å². The van der Waals surface area contributed by atoms with Crippen molar-refractivity contribution in [2.45, 2.75) is 25.9 Å². The lowest BCUT2D eigenvalue weighted by Crippen LogP contribution is -2.32. The van der Waals surface area contributed by atoms with E-state index in [1.807, 2.05) is 30.3 Å². The van der Waals surface area contributed by atoms with Gasteiger partial charge in [-0.15, -0.1) is 0 Å². The van der Waals surface area contributed by atoms with Gasteiger partial charge in [0.1, 0.15) is 17.6 Å². The molecule has 0 saturated carbocycles. The van der Waals surface area contributed by atoms with Crippen LogP contribution in [0.4, 0.5) is 0 Å². The Morgan fingerprint density at radius 3 is 2.67 bits per heavy atom. The summed E-state index contributed by atoms with van der Waals surface area (Å²) < 4.78 is 6.22. The molecule has 1 saturated heterocycles. The van der Waals surface area contributed by atoms with Crippen LogP contribution in [0.1, 0.15) is 47.7 Å². The molecule has 2 atom stereocenters. The van der Waals surface area contributed by atoms with Crippen LogP contribution >= 0.6 is 12.2 Å². The molecule has 1 aliphatic heterocycles. The quantitative estimate of drug-likeness (QED) is 0.560. The van der Waals surface area contributed by atoms with Crippen molar-refractivity contribution in [3.8, 4) is 11.3 Å². The summed E-state index contributed by atoms with van der Waals surface area (Å²) in [5.41, 5.74) is 1.63. The lowest BCUT2D eigenvalue weighted by atomic mass is 10.0. The molecule has 0 bridgehead atoms. The molecule has 7 heteroatoms. The van der Waals surface area contributed by atoms with Gasteiger partial charge in [-0.3, -0.25) is 4.98 Å². The summed E-state index contributed by atoms with van der Waals surface area (Å²) in [5.74, 6) is 0.649. The molecule has 0 spiro atoms. The van der Waals surface area contributed by atoms with Gasteiger partial charge < -0.3 is 19.7 Å². The molecule has 1 aromatic carbocycles. The lowest BCUT2D eigenvalue weighted by molar-refractivity contribution is 0.0697. The van der Waals surface area contributed by atoms with E-state index in [0.29, 0.717) is 28.1 Å². The molecule has 3 heterocycles. The van der Waals surface area contributed by atoms with Crippen LogP contribution in [0.25, 0.3) is 11.3 Å². The highest BCUT2D eigenvalue weighted by molar-refractivity contribution is 7.80. The predicted octanol–water partition coefficient (Wildman–Crippen LogP) is 4.67. The number of furan rings is 1. The summed E-state index contributed by atoms with van der Waals surface area (Å²) in [6.07, 6.45) is 1.76. The van der Waals surface area contributed by atoms with E-state index < -0.39 is 5.97 Å². The number of nitrogens with one attached hydrogen (secondary N) is 1. The van der Waals surface area contributed by atoms with Gasteiger partial charge in [-0.05, 0) is 48.5 Å². The second kappa shape index (κ2) is 8.28. The van der Waals surface area contributed by atoms with Crippen molar-refractivity contribution in [2.24, 2.45) is 5.92 Å². The molecular formula is C23H23N3O3S. The third-order valence-corrected chi connectivity index (χ3v) is 5.45. The first-order chi connectivity index (χ1) is 14.5. The molecule has 0 unspecified atom stereocenters. The number of aromatic carboxylic acids is 1. The largest absolute Gasteiger partial charge is 0.478 e. The minimum absolute atomic E-state index is 0.161. The number of carboxylic acid groups (broad SMARTS) is 1.